The van der Waals surface area contributed by atoms with Gasteiger partial charge in [0.05, 0.1) is 0 Å². The molecule has 0 amide bonds. The molecule has 2 aromatic rings. The molecule has 2 rings (SSSR count). The van der Waals surface area contributed by atoms with Crippen molar-refractivity contribution in [3.63, 3.8) is 0 Å². The maximum atomic E-state index is 11.2. The molecular formula is C11H15N5O2S2. The fourth-order valence-electron chi connectivity index (χ4n) is 1.43. The molecule has 0 unspecified atom stereocenters. The number of nitrogen functional groups attached to an aromatic ring is 1. The summed E-state index contributed by atoms with van der Waals surface area (Å²) in [6, 6.07) is 1.26. The van der Waals surface area contributed by atoms with Crippen molar-refractivity contribution in [1.29, 1.82) is 0 Å². The maximum absolute atomic E-state index is 11.2. The van der Waals surface area contributed by atoms with Crippen LogP contribution in [0.25, 0.3) is 0 Å². The Hall–Kier alpha value is -1.48. The predicted octanol–water partition coefficient (Wildman–Crippen LogP) is 1.57. The van der Waals surface area contributed by atoms with E-state index in [2.05, 4.69) is 20.2 Å². The summed E-state index contributed by atoms with van der Waals surface area (Å²) in [5, 5.41) is 9.04. The standard InChI is InChI=1S/C11H15N5O2S2/c1-2-19-11-16-15-9(18-11)4-3-5-20-10-13-7(12)6-8(17)14-10/h6H,2-5H2,1H3,(H3,12,13,14,17). The molecule has 9 heteroatoms. The van der Waals surface area contributed by atoms with Crippen LogP contribution in [-0.2, 0) is 6.42 Å². The summed E-state index contributed by atoms with van der Waals surface area (Å²) in [4.78, 5) is 17.9. The third kappa shape index (κ3) is 4.57. The van der Waals surface area contributed by atoms with Crippen molar-refractivity contribution in [1.82, 2.24) is 20.2 Å². The average Bonchev–Trinajstić information content (AvgIpc) is 2.82. The second-order valence-corrected chi connectivity index (χ2v) is 6.12. The summed E-state index contributed by atoms with van der Waals surface area (Å²) in [5.74, 6) is 2.56. The van der Waals surface area contributed by atoms with Crippen LogP contribution < -0.4 is 11.3 Å². The Balaban J connectivity index is 1.76. The molecule has 0 aliphatic carbocycles. The van der Waals surface area contributed by atoms with E-state index in [0.29, 0.717) is 22.7 Å². The van der Waals surface area contributed by atoms with Gasteiger partial charge in [-0.3, -0.25) is 4.79 Å². The van der Waals surface area contributed by atoms with E-state index < -0.39 is 0 Å². The Bertz CT molecular complexity index is 613. The van der Waals surface area contributed by atoms with E-state index in [4.69, 9.17) is 10.2 Å². The zero-order valence-electron chi connectivity index (χ0n) is 11.0. The normalized spacial score (nSPS) is 10.8. The molecule has 0 aliphatic heterocycles. The van der Waals surface area contributed by atoms with Crippen LogP contribution in [0.15, 0.2) is 25.7 Å². The van der Waals surface area contributed by atoms with Gasteiger partial charge in [0, 0.05) is 18.2 Å². The molecular weight excluding hydrogens is 298 g/mol. The third-order valence-electron chi connectivity index (χ3n) is 2.23. The highest BCUT2D eigenvalue weighted by Gasteiger charge is 2.06. The van der Waals surface area contributed by atoms with Gasteiger partial charge in [-0.1, -0.05) is 30.4 Å². The van der Waals surface area contributed by atoms with Gasteiger partial charge in [-0.15, -0.1) is 10.2 Å². The fourth-order valence-corrected chi connectivity index (χ4v) is 2.76. The van der Waals surface area contributed by atoms with E-state index in [9.17, 15) is 4.79 Å². The van der Waals surface area contributed by atoms with E-state index in [1.165, 1.54) is 29.6 Å². The van der Waals surface area contributed by atoms with Crippen LogP contribution in [0.3, 0.4) is 0 Å². The third-order valence-corrected chi connectivity index (χ3v) is 3.89. The first-order valence-electron chi connectivity index (χ1n) is 6.12. The summed E-state index contributed by atoms with van der Waals surface area (Å²) < 4.78 is 5.45. The summed E-state index contributed by atoms with van der Waals surface area (Å²) in [5.41, 5.74) is 5.27. The molecule has 0 radical (unpaired) electrons. The monoisotopic (exact) mass is 313 g/mol. The van der Waals surface area contributed by atoms with Gasteiger partial charge in [0.15, 0.2) is 5.16 Å². The highest BCUT2D eigenvalue weighted by atomic mass is 32.2. The van der Waals surface area contributed by atoms with Crippen LogP contribution in [-0.4, -0.2) is 31.7 Å². The van der Waals surface area contributed by atoms with Crippen LogP contribution in [0.4, 0.5) is 5.82 Å². The predicted molar refractivity (Wildman–Crippen MR) is 79.0 cm³/mol. The maximum Gasteiger partial charge on any atom is 0.276 e. The van der Waals surface area contributed by atoms with Crippen molar-refractivity contribution in [2.75, 3.05) is 17.2 Å². The van der Waals surface area contributed by atoms with Crippen LogP contribution >= 0.6 is 23.5 Å². The Labute approximate surface area is 124 Å². The van der Waals surface area contributed by atoms with E-state index >= 15 is 0 Å². The lowest BCUT2D eigenvalue weighted by Gasteiger charge is -2.00. The van der Waals surface area contributed by atoms with Crippen molar-refractivity contribution >= 4 is 29.3 Å². The van der Waals surface area contributed by atoms with Crippen LogP contribution in [0.2, 0.25) is 0 Å². The molecule has 0 aliphatic rings. The van der Waals surface area contributed by atoms with Gasteiger partial charge < -0.3 is 15.1 Å². The molecule has 0 saturated heterocycles. The first kappa shape index (κ1) is 14.9. The molecule has 0 fully saturated rings. The van der Waals surface area contributed by atoms with Crippen LogP contribution in [0.5, 0.6) is 0 Å². The summed E-state index contributed by atoms with van der Waals surface area (Å²) >= 11 is 2.97. The van der Waals surface area contributed by atoms with Gasteiger partial charge in [-0.05, 0) is 12.2 Å². The van der Waals surface area contributed by atoms with Gasteiger partial charge in [0.1, 0.15) is 5.82 Å². The van der Waals surface area contributed by atoms with E-state index in [-0.39, 0.29) is 11.4 Å². The summed E-state index contributed by atoms with van der Waals surface area (Å²) in [6.07, 6.45) is 1.55. The zero-order chi connectivity index (χ0) is 14.4. The molecule has 0 atom stereocenters. The number of hydrogen-bond acceptors (Lipinski definition) is 8. The average molecular weight is 313 g/mol. The number of aromatic nitrogens is 4. The number of aromatic amines is 1. The number of anilines is 1. The fraction of sp³-hybridized carbons (Fsp3) is 0.455. The second-order valence-electron chi connectivity index (χ2n) is 3.82. The number of nitrogens with zero attached hydrogens (tertiary/aromatic N) is 3. The van der Waals surface area contributed by atoms with Gasteiger partial charge in [0.2, 0.25) is 5.89 Å². The molecule has 108 valence electrons. The molecule has 2 aromatic heterocycles. The largest absolute Gasteiger partial charge is 0.416 e. The number of H-pyrrole nitrogens is 1. The van der Waals surface area contributed by atoms with Crippen molar-refractivity contribution in [3.05, 3.63) is 22.3 Å². The van der Waals surface area contributed by atoms with E-state index in [1.807, 2.05) is 6.92 Å². The Morgan fingerprint density at radius 1 is 1.40 bits per heavy atom. The Morgan fingerprint density at radius 3 is 3.00 bits per heavy atom. The Kier molecular flexibility index (Phi) is 5.48. The molecule has 20 heavy (non-hydrogen) atoms. The quantitative estimate of drug-likeness (QED) is 0.450. The molecule has 0 spiro atoms. The molecule has 0 saturated carbocycles. The van der Waals surface area contributed by atoms with Crippen molar-refractivity contribution < 1.29 is 4.42 Å². The molecule has 0 aromatic carbocycles. The lowest BCUT2D eigenvalue weighted by Crippen LogP contribution is -2.09. The van der Waals surface area contributed by atoms with Gasteiger partial charge >= 0.3 is 0 Å². The number of thioether (sulfide) groups is 2. The van der Waals surface area contributed by atoms with Crippen molar-refractivity contribution in [3.8, 4) is 0 Å². The zero-order valence-corrected chi connectivity index (χ0v) is 12.6. The number of nitrogens with two attached hydrogens (primary N) is 1. The topological polar surface area (TPSA) is 111 Å². The summed E-state index contributed by atoms with van der Waals surface area (Å²) in [7, 11) is 0. The van der Waals surface area contributed by atoms with Gasteiger partial charge in [-0.25, -0.2) is 4.98 Å². The minimum atomic E-state index is -0.238. The highest BCUT2D eigenvalue weighted by Crippen LogP contribution is 2.17. The van der Waals surface area contributed by atoms with E-state index in [1.54, 1.807) is 0 Å². The first-order chi connectivity index (χ1) is 9.67. The molecule has 3 N–H and O–H groups in total. The number of rotatable bonds is 7. The SMILES string of the molecule is CCSc1nnc(CCCSc2nc(N)cc(=O)[nH]2)o1. The lowest BCUT2D eigenvalue weighted by atomic mass is 10.3. The highest BCUT2D eigenvalue weighted by molar-refractivity contribution is 7.99. The first-order valence-corrected chi connectivity index (χ1v) is 8.09. The second kappa shape index (κ2) is 7.34. The van der Waals surface area contributed by atoms with Gasteiger partial charge in [0.25, 0.3) is 10.8 Å². The Morgan fingerprint density at radius 2 is 2.25 bits per heavy atom. The number of aryl methyl sites for hydroxylation is 1. The smallest absolute Gasteiger partial charge is 0.276 e. The lowest BCUT2D eigenvalue weighted by molar-refractivity contribution is 0.412. The van der Waals surface area contributed by atoms with Crippen LogP contribution in [0.1, 0.15) is 19.2 Å². The van der Waals surface area contributed by atoms with Crippen molar-refractivity contribution in [2.45, 2.75) is 30.1 Å². The molecule has 7 nitrogen and oxygen atoms in total. The number of nitrogens with one attached hydrogen (secondary N) is 1. The molecule has 2 heterocycles. The minimum absolute atomic E-state index is 0.231. The van der Waals surface area contributed by atoms with Gasteiger partial charge in [-0.2, -0.15) is 0 Å². The van der Waals surface area contributed by atoms with E-state index in [0.717, 1.165) is 17.9 Å². The molecule has 0 bridgehead atoms. The van der Waals surface area contributed by atoms with Crippen molar-refractivity contribution in [2.24, 2.45) is 0 Å². The minimum Gasteiger partial charge on any atom is -0.416 e. The van der Waals surface area contributed by atoms with Crippen LogP contribution in [0, 0.1) is 0 Å². The number of hydrogen-bond donors (Lipinski definition) is 2. The summed E-state index contributed by atoms with van der Waals surface area (Å²) in [6.45, 7) is 2.03.